The highest BCUT2D eigenvalue weighted by molar-refractivity contribution is 7.19. The highest BCUT2D eigenvalue weighted by Gasteiger charge is 2.41. The van der Waals surface area contributed by atoms with Crippen LogP contribution in [-0.2, 0) is 9.59 Å². The lowest BCUT2D eigenvalue weighted by molar-refractivity contribution is -0.147. The molecule has 2 aromatic rings. The smallest absolute Gasteiger partial charge is 0.311 e. The fourth-order valence-corrected chi connectivity index (χ4v) is 3.40. The van der Waals surface area contributed by atoms with E-state index in [1.54, 1.807) is 17.9 Å². The van der Waals surface area contributed by atoms with Gasteiger partial charge in [0, 0.05) is 19.2 Å². The van der Waals surface area contributed by atoms with Crippen molar-refractivity contribution < 1.29 is 14.7 Å². The standard InChI is InChI=1S/C16H16N2O3S/c1-16(15(20)21)8-9-18(10-16)14(19)7-6-13-17-11-4-2-3-5-12(11)22-13/h2-7H,8-10H2,1H3,(H,20,21). The van der Waals surface area contributed by atoms with Gasteiger partial charge in [-0.2, -0.15) is 0 Å². The maximum Gasteiger partial charge on any atom is 0.311 e. The van der Waals surface area contributed by atoms with Gasteiger partial charge in [0.15, 0.2) is 0 Å². The molecule has 5 nitrogen and oxygen atoms in total. The van der Waals surface area contributed by atoms with E-state index in [0.717, 1.165) is 15.2 Å². The summed E-state index contributed by atoms with van der Waals surface area (Å²) in [5.41, 5.74) is 0.0820. The van der Waals surface area contributed by atoms with Gasteiger partial charge in [-0.3, -0.25) is 9.59 Å². The van der Waals surface area contributed by atoms with E-state index in [1.165, 1.54) is 17.4 Å². The summed E-state index contributed by atoms with van der Waals surface area (Å²) >= 11 is 1.52. The summed E-state index contributed by atoms with van der Waals surface area (Å²) < 4.78 is 1.08. The Kier molecular flexibility index (Phi) is 3.70. The zero-order valence-electron chi connectivity index (χ0n) is 12.2. The van der Waals surface area contributed by atoms with Crippen LogP contribution in [0.25, 0.3) is 16.3 Å². The minimum Gasteiger partial charge on any atom is -0.481 e. The van der Waals surface area contributed by atoms with Crippen molar-refractivity contribution in [2.45, 2.75) is 13.3 Å². The van der Waals surface area contributed by atoms with Crippen LogP contribution in [0.5, 0.6) is 0 Å². The van der Waals surface area contributed by atoms with Gasteiger partial charge in [-0.15, -0.1) is 11.3 Å². The molecule has 0 spiro atoms. The Labute approximate surface area is 131 Å². The molecular weight excluding hydrogens is 300 g/mol. The number of hydrogen-bond acceptors (Lipinski definition) is 4. The van der Waals surface area contributed by atoms with E-state index in [-0.39, 0.29) is 12.5 Å². The van der Waals surface area contributed by atoms with Crippen molar-refractivity contribution >= 4 is 39.5 Å². The molecule has 1 aromatic heterocycles. The van der Waals surface area contributed by atoms with Crippen LogP contribution in [-0.4, -0.2) is 40.0 Å². The second kappa shape index (κ2) is 5.53. The summed E-state index contributed by atoms with van der Waals surface area (Å²) in [6.07, 6.45) is 3.66. The first kappa shape index (κ1) is 14.7. The SMILES string of the molecule is CC1(C(=O)O)CCN(C(=O)C=Cc2nc3ccccc3s2)C1. The molecule has 3 rings (SSSR count). The van der Waals surface area contributed by atoms with Gasteiger partial charge in [-0.05, 0) is 31.6 Å². The van der Waals surface area contributed by atoms with Crippen LogP contribution in [0.1, 0.15) is 18.4 Å². The number of carboxylic acids is 1. The van der Waals surface area contributed by atoms with Crippen LogP contribution in [0.2, 0.25) is 0 Å². The van der Waals surface area contributed by atoms with Crippen molar-refractivity contribution in [1.29, 1.82) is 0 Å². The molecule has 114 valence electrons. The Hall–Kier alpha value is -2.21. The first-order valence-corrected chi connectivity index (χ1v) is 7.86. The summed E-state index contributed by atoms with van der Waals surface area (Å²) in [6.45, 7) is 2.41. The number of amides is 1. The number of aromatic nitrogens is 1. The van der Waals surface area contributed by atoms with Crippen LogP contribution in [0.3, 0.4) is 0 Å². The number of fused-ring (bicyclic) bond motifs is 1. The molecule has 1 unspecified atom stereocenters. The first-order chi connectivity index (χ1) is 10.5. The number of benzene rings is 1. The first-order valence-electron chi connectivity index (χ1n) is 7.04. The normalized spacial score (nSPS) is 21.8. The van der Waals surface area contributed by atoms with Crippen LogP contribution < -0.4 is 0 Å². The van der Waals surface area contributed by atoms with Gasteiger partial charge in [0.25, 0.3) is 0 Å². The number of para-hydroxylation sites is 1. The number of likely N-dealkylation sites (tertiary alicyclic amines) is 1. The highest BCUT2D eigenvalue weighted by Crippen LogP contribution is 2.30. The molecule has 1 amide bonds. The Morgan fingerprint density at radius 3 is 2.86 bits per heavy atom. The lowest BCUT2D eigenvalue weighted by atomic mass is 9.90. The third-order valence-corrected chi connectivity index (χ3v) is 4.98. The van der Waals surface area contributed by atoms with Crippen molar-refractivity contribution in [1.82, 2.24) is 9.88 Å². The summed E-state index contributed by atoms with van der Waals surface area (Å²) in [6, 6.07) is 7.81. The zero-order valence-corrected chi connectivity index (χ0v) is 13.0. The number of aliphatic carboxylic acids is 1. The Bertz CT molecular complexity index is 735. The maximum atomic E-state index is 12.2. The van der Waals surface area contributed by atoms with Gasteiger partial charge in [0.1, 0.15) is 5.01 Å². The van der Waals surface area contributed by atoms with Crippen molar-refractivity contribution in [3.63, 3.8) is 0 Å². The second-order valence-electron chi connectivity index (χ2n) is 5.73. The summed E-state index contributed by atoms with van der Waals surface area (Å²) in [7, 11) is 0. The Morgan fingerprint density at radius 2 is 2.18 bits per heavy atom. The molecule has 1 aliphatic rings. The molecule has 1 saturated heterocycles. The second-order valence-corrected chi connectivity index (χ2v) is 6.79. The number of thiazole rings is 1. The third kappa shape index (κ3) is 2.74. The van der Waals surface area contributed by atoms with E-state index in [0.29, 0.717) is 13.0 Å². The number of rotatable bonds is 3. The van der Waals surface area contributed by atoms with Crippen LogP contribution >= 0.6 is 11.3 Å². The molecule has 1 aromatic carbocycles. The summed E-state index contributed by atoms with van der Waals surface area (Å²) in [4.78, 5) is 29.4. The Balaban J connectivity index is 1.70. The molecule has 0 aliphatic carbocycles. The van der Waals surface area contributed by atoms with Crippen LogP contribution in [0, 0.1) is 5.41 Å². The van der Waals surface area contributed by atoms with Gasteiger partial charge < -0.3 is 10.0 Å². The molecule has 0 radical (unpaired) electrons. The van der Waals surface area contributed by atoms with Crippen LogP contribution in [0.4, 0.5) is 0 Å². The molecule has 1 atom stereocenters. The monoisotopic (exact) mass is 316 g/mol. The van der Waals surface area contributed by atoms with Crippen LogP contribution in [0.15, 0.2) is 30.3 Å². The molecule has 6 heteroatoms. The van der Waals surface area contributed by atoms with Crippen molar-refractivity contribution in [2.24, 2.45) is 5.41 Å². The number of nitrogens with zero attached hydrogens (tertiary/aromatic N) is 2. The predicted molar refractivity (Wildman–Crippen MR) is 85.6 cm³/mol. The minimum atomic E-state index is -0.849. The number of hydrogen-bond donors (Lipinski definition) is 1. The van der Waals surface area contributed by atoms with E-state index in [2.05, 4.69) is 4.98 Å². The average molecular weight is 316 g/mol. The molecule has 1 fully saturated rings. The lowest BCUT2D eigenvalue weighted by Gasteiger charge is -2.18. The molecule has 0 bridgehead atoms. The minimum absolute atomic E-state index is 0.163. The molecular formula is C16H16N2O3S. The molecule has 0 saturated carbocycles. The third-order valence-electron chi connectivity index (χ3n) is 3.98. The van der Waals surface area contributed by atoms with E-state index in [4.69, 9.17) is 0 Å². The molecule has 2 heterocycles. The largest absolute Gasteiger partial charge is 0.481 e. The molecule has 1 aliphatic heterocycles. The van der Waals surface area contributed by atoms with Crippen molar-refractivity contribution in [2.75, 3.05) is 13.1 Å². The van der Waals surface area contributed by atoms with E-state index in [9.17, 15) is 14.7 Å². The average Bonchev–Trinajstić information content (AvgIpc) is 3.09. The maximum absolute atomic E-state index is 12.2. The highest BCUT2D eigenvalue weighted by atomic mass is 32.1. The molecule has 22 heavy (non-hydrogen) atoms. The lowest BCUT2D eigenvalue weighted by Crippen LogP contribution is -2.34. The molecule has 1 N–H and O–H groups in total. The quantitative estimate of drug-likeness (QED) is 0.884. The van der Waals surface area contributed by atoms with Gasteiger partial charge in [0.05, 0.1) is 15.6 Å². The van der Waals surface area contributed by atoms with Gasteiger partial charge in [0.2, 0.25) is 5.91 Å². The zero-order chi connectivity index (χ0) is 15.7. The van der Waals surface area contributed by atoms with Crippen molar-refractivity contribution in [3.8, 4) is 0 Å². The van der Waals surface area contributed by atoms with E-state index < -0.39 is 11.4 Å². The predicted octanol–water partition coefficient (Wildman–Crippen LogP) is 2.63. The number of carbonyl (C=O) groups is 2. The van der Waals surface area contributed by atoms with E-state index >= 15 is 0 Å². The van der Waals surface area contributed by atoms with E-state index in [1.807, 2.05) is 24.3 Å². The summed E-state index contributed by atoms with van der Waals surface area (Å²) in [5.74, 6) is -1.01. The Morgan fingerprint density at radius 1 is 1.41 bits per heavy atom. The number of carboxylic acid groups (broad SMARTS) is 1. The fraction of sp³-hybridized carbons (Fsp3) is 0.312. The topological polar surface area (TPSA) is 70.5 Å². The van der Waals surface area contributed by atoms with Gasteiger partial charge in [-0.25, -0.2) is 4.98 Å². The van der Waals surface area contributed by atoms with Gasteiger partial charge >= 0.3 is 5.97 Å². The fourth-order valence-electron chi connectivity index (χ4n) is 2.53. The summed E-state index contributed by atoms with van der Waals surface area (Å²) in [5, 5.41) is 9.97. The van der Waals surface area contributed by atoms with Gasteiger partial charge in [-0.1, -0.05) is 12.1 Å². The van der Waals surface area contributed by atoms with Crippen molar-refractivity contribution in [3.05, 3.63) is 35.3 Å². The number of carbonyl (C=O) groups excluding carboxylic acids is 1.